The summed E-state index contributed by atoms with van der Waals surface area (Å²) < 4.78 is 14.5. The number of aryl methyl sites for hydroxylation is 1. The molecule has 0 amide bonds. The zero-order valence-electron chi connectivity index (χ0n) is 41.7. The maximum absolute atomic E-state index is 7.25. The minimum atomic E-state index is -0.350. The van der Waals surface area contributed by atoms with Gasteiger partial charge < -0.3 is 18.6 Å². The highest BCUT2D eigenvalue weighted by Gasteiger charge is 2.37. The van der Waals surface area contributed by atoms with E-state index in [0.717, 1.165) is 108 Å². The number of furan rings is 2. The average Bonchev–Trinajstić information content (AvgIpc) is 4.22. The van der Waals surface area contributed by atoms with Gasteiger partial charge in [0, 0.05) is 60.8 Å². The van der Waals surface area contributed by atoms with E-state index in [9.17, 15) is 0 Å². The van der Waals surface area contributed by atoms with Gasteiger partial charge in [0.2, 0.25) is 0 Å². The van der Waals surface area contributed by atoms with E-state index in [1.165, 1.54) is 49.5 Å². The van der Waals surface area contributed by atoms with Crippen molar-refractivity contribution in [2.45, 2.75) is 32.1 Å². The van der Waals surface area contributed by atoms with Gasteiger partial charge >= 0.3 is 0 Å². The number of fused-ring (bicyclic) bond motifs is 13. The van der Waals surface area contributed by atoms with Crippen molar-refractivity contribution >= 4 is 94.8 Å². The Labute approximate surface area is 435 Å². The third-order valence-electron chi connectivity index (χ3n) is 16.0. The van der Waals surface area contributed by atoms with E-state index in [1.54, 1.807) is 0 Å². The zero-order valence-corrected chi connectivity index (χ0v) is 41.7. The fraction of sp³-hybridized carbons (Fsp3) is 0.0704. The van der Waals surface area contributed by atoms with Crippen molar-refractivity contribution in [1.82, 2.24) is 0 Å². The molecule has 2 aliphatic carbocycles. The molecule has 0 saturated heterocycles. The number of rotatable bonds is 8. The molecule has 75 heavy (non-hydrogen) atoms. The van der Waals surface area contributed by atoms with Crippen LogP contribution in [-0.4, -0.2) is 0 Å². The molecule has 15 rings (SSSR count). The maximum atomic E-state index is 7.25. The van der Waals surface area contributed by atoms with Crippen LogP contribution in [0.3, 0.4) is 0 Å². The van der Waals surface area contributed by atoms with Gasteiger partial charge in [0.15, 0.2) is 11.2 Å². The maximum Gasteiger partial charge on any atom is 0.159 e. The van der Waals surface area contributed by atoms with E-state index in [-0.39, 0.29) is 5.41 Å². The minimum Gasteiger partial charge on any atom is -0.453 e. The number of benzene rings is 11. The molecule has 0 N–H and O–H groups in total. The van der Waals surface area contributed by atoms with E-state index in [4.69, 9.17) is 8.83 Å². The van der Waals surface area contributed by atoms with Crippen molar-refractivity contribution in [2.75, 3.05) is 9.80 Å². The van der Waals surface area contributed by atoms with Crippen LogP contribution >= 0.6 is 0 Å². The predicted molar refractivity (Wildman–Crippen MR) is 314 cm³/mol. The van der Waals surface area contributed by atoms with Crippen LogP contribution in [0.1, 0.15) is 42.5 Å². The summed E-state index contributed by atoms with van der Waals surface area (Å²) in [5, 5.41) is 6.89. The average molecular weight is 963 g/mol. The van der Waals surface area contributed by atoms with Crippen molar-refractivity contribution in [3.63, 3.8) is 0 Å². The third-order valence-corrected chi connectivity index (χ3v) is 16.0. The summed E-state index contributed by atoms with van der Waals surface area (Å²) in [5.74, 6) is 0. The van der Waals surface area contributed by atoms with E-state index >= 15 is 0 Å². The Bertz CT molecular complexity index is 4430. The van der Waals surface area contributed by atoms with E-state index in [2.05, 4.69) is 266 Å². The molecule has 0 saturated carbocycles. The standard InChI is InChI=1S/C71H50N2O2/c1-71(2)61-43-51(72(49-27-11-5-12-28-49)63-35-19-33-57-65-53-31-17-15-25-47(53)41-59(69(65)74-67(57)63)45-21-7-3-8-22-45)37-39-55(61)56-40-38-52(44-62(56)71)73(50-29-13-6-14-30-50)64-36-20-34-58-66-54-32-18-16-26-48(54)42-60(70(66)75-68(58)64)46-23-9-4-10-24-46/h3-15,17-25,27-44H,16,26H2,1-2H3. The topological polar surface area (TPSA) is 32.8 Å². The zero-order chi connectivity index (χ0) is 49.8. The fourth-order valence-corrected chi connectivity index (χ4v) is 12.5. The molecule has 0 atom stereocenters. The molecule has 0 aliphatic heterocycles. The van der Waals surface area contributed by atoms with Gasteiger partial charge in [-0.1, -0.05) is 184 Å². The van der Waals surface area contributed by atoms with Crippen LogP contribution in [0.4, 0.5) is 34.1 Å². The molecule has 0 spiro atoms. The molecule has 0 radical (unpaired) electrons. The first-order valence-electron chi connectivity index (χ1n) is 26.1. The van der Waals surface area contributed by atoms with Gasteiger partial charge in [-0.15, -0.1) is 0 Å². The van der Waals surface area contributed by atoms with Gasteiger partial charge in [0.05, 0.1) is 11.4 Å². The molecule has 0 fully saturated rings. The molecule has 2 aromatic heterocycles. The molecule has 4 heteroatoms. The largest absolute Gasteiger partial charge is 0.453 e. The van der Waals surface area contributed by atoms with Gasteiger partial charge in [0.1, 0.15) is 11.2 Å². The molecular weight excluding hydrogens is 913 g/mol. The molecule has 13 aromatic rings. The Morgan fingerprint density at radius 3 is 1.44 bits per heavy atom. The number of allylic oxidation sites excluding steroid dienone is 1. The summed E-state index contributed by atoms with van der Waals surface area (Å²) >= 11 is 0. The number of para-hydroxylation sites is 4. The highest BCUT2D eigenvalue weighted by Crippen LogP contribution is 2.54. The number of hydrogen-bond acceptors (Lipinski definition) is 4. The summed E-state index contributed by atoms with van der Waals surface area (Å²) in [6.45, 7) is 4.76. The summed E-state index contributed by atoms with van der Waals surface area (Å²) in [4.78, 5) is 4.76. The molecule has 2 aliphatic rings. The van der Waals surface area contributed by atoms with Crippen LogP contribution in [0, 0.1) is 0 Å². The first-order chi connectivity index (χ1) is 37.0. The van der Waals surface area contributed by atoms with Crippen LogP contribution in [0.2, 0.25) is 0 Å². The van der Waals surface area contributed by atoms with Crippen molar-refractivity contribution in [3.05, 3.63) is 259 Å². The summed E-state index contributed by atoms with van der Waals surface area (Å²) in [6.07, 6.45) is 6.65. The Balaban J connectivity index is 0.882. The second-order valence-electron chi connectivity index (χ2n) is 20.7. The Kier molecular flexibility index (Phi) is 9.71. The number of hydrogen-bond donors (Lipinski definition) is 0. The SMILES string of the molecule is CC1(C)c2cc(N(c3ccccc3)c3cccc4c3oc3c(-c5ccccc5)cc5c(c34)C=CCC5)ccc2-c2ccc(N(c3ccccc3)c3cccc4c3oc3c(-c5ccccc5)cc5ccccc5c34)cc21. The first-order valence-corrected chi connectivity index (χ1v) is 26.1. The molecule has 4 nitrogen and oxygen atoms in total. The van der Waals surface area contributed by atoms with Gasteiger partial charge in [-0.05, 0) is 141 Å². The smallest absolute Gasteiger partial charge is 0.159 e. The molecule has 0 unspecified atom stereocenters. The van der Waals surface area contributed by atoms with Crippen LogP contribution in [0.25, 0.3) is 94.1 Å². The first kappa shape index (κ1) is 43.2. The van der Waals surface area contributed by atoms with Crippen molar-refractivity contribution in [2.24, 2.45) is 0 Å². The van der Waals surface area contributed by atoms with E-state index in [0.29, 0.717) is 0 Å². The van der Waals surface area contributed by atoms with E-state index < -0.39 is 0 Å². The summed E-state index contributed by atoms with van der Waals surface area (Å²) in [5.41, 5.74) is 21.6. The molecule has 2 heterocycles. The van der Waals surface area contributed by atoms with Gasteiger partial charge in [0.25, 0.3) is 0 Å². The lowest BCUT2D eigenvalue weighted by Gasteiger charge is -2.29. The molecule has 11 aromatic carbocycles. The molecule has 0 bridgehead atoms. The second kappa shape index (κ2) is 16.8. The predicted octanol–water partition coefficient (Wildman–Crippen LogP) is 20.2. The summed E-state index contributed by atoms with van der Waals surface area (Å²) in [6, 6.07) is 83.4. The normalized spacial score (nSPS) is 13.4. The minimum absolute atomic E-state index is 0.350. The Morgan fingerprint density at radius 2 is 0.867 bits per heavy atom. The lowest BCUT2D eigenvalue weighted by atomic mass is 9.82. The van der Waals surface area contributed by atoms with Crippen molar-refractivity contribution in [3.8, 4) is 33.4 Å². The monoisotopic (exact) mass is 962 g/mol. The second-order valence-corrected chi connectivity index (χ2v) is 20.7. The lowest BCUT2D eigenvalue weighted by Crippen LogP contribution is -2.17. The van der Waals surface area contributed by atoms with E-state index in [1.807, 2.05) is 0 Å². The van der Waals surface area contributed by atoms with Crippen molar-refractivity contribution < 1.29 is 8.83 Å². The van der Waals surface area contributed by atoms with Crippen molar-refractivity contribution in [1.29, 1.82) is 0 Å². The fourth-order valence-electron chi connectivity index (χ4n) is 12.5. The highest BCUT2D eigenvalue weighted by atomic mass is 16.3. The number of nitrogens with zero attached hydrogens (tertiary/aromatic N) is 2. The molecule has 356 valence electrons. The quantitative estimate of drug-likeness (QED) is 0.152. The lowest BCUT2D eigenvalue weighted by molar-refractivity contribution is 0.660. The van der Waals surface area contributed by atoms with Crippen LogP contribution in [0.15, 0.2) is 245 Å². The van der Waals surface area contributed by atoms with Gasteiger partial charge in [-0.2, -0.15) is 0 Å². The number of anilines is 6. The van der Waals surface area contributed by atoms with Crippen LogP contribution in [-0.2, 0) is 11.8 Å². The summed E-state index contributed by atoms with van der Waals surface area (Å²) in [7, 11) is 0. The molecular formula is C71H50N2O2. The van der Waals surface area contributed by atoms with Crippen LogP contribution < -0.4 is 9.80 Å². The third kappa shape index (κ3) is 6.69. The Hall–Kier alpha value is -9.38. The Morgan fingerprint density at radius 1 is 0.387 bits per heavy atom. The van der Waals surface area contributed by atoms with Gasteiger partial charge in [-0.25, -0.2) is 0 Å². The highest BCUT2D eigenvalue weighted by molar-refractivity contribution is 6.24. The van der Waals surface area contributed by atoms with Crippen LogP contribution in [0.5, 0.6) is 0 Å². The van der Waals surface area contributed by atoms with Gasteiger partial charge in [-0.3, -0.25) is 0 Å².